The predicted octanol–water partition coefficient (Wildman–Crippen LogP) is 1.53. The summed E-state index contributed by atoms with van der Waals surface area (Å²) >= 11 is 6.09. The summed E-state index contributed by atoms with van der Waals surface area (Å²) in [6.45, 7) is 3.34. The first-order valence-corrected chi connectivity index (χ1v) is 5.15. The number of hydrogen-bond acceptors (Lipinski definition) is 2. The van der Waals surface area contributed by atoms with Crippen LogP contribution in [-0.4, -0.2) is 23.8 Å². The van der Waals surface area contributed by atoms with Crippen LogP contribution in [-0.2, 0) is 6.42 Å². The van der Waals surface area contributed by atoms with Gasteiger partial charge in [-0.25, -0.2) is 0 Å². The van der Waals surface area contributed by atoms with E-state index in [0.29, 0.717) is 19.5 Å². The molecule has 1 fully saturated rings. The van der Waals surface area contributed by atoms with E-state index in [1.807, 2.05) is 25.1 Å². The Labute approximate surface area is 88.9 Å². The molecule has 1 saturated heterocycles. The van der Waals surface area contributed by atoms with Crippen molar-refractivity contribution in [3.63, 3.8) is 0 Å². The Morgan fingerprint density at radius 1 is 1.50 bits per heavy atom. The first-order valence-electron chi connectivity index (χ1n) is 4.77. The number of rotatable bonds is 2. The normalized spacial score (nSPS) is 19.1. The van der Waals surface area contributed by atoms with Gasteiger partial charge in [0.15, 0.2) is 0 Å². The zero-order valence-corrected chi connectivity index (χ0v) is 8.93. The molecule has 1 aliphatic heterocycles. The van der Waals surface area contributed by atoms with E-state index in [1.165, 1.54) is 0 Å². The van der Waals surface area contributed by atoms with Crippen molar-refractivity contribution in [2.45, 2.75) is 18.9 Å². The van der Waals surface area contributed by atoms with Crippen molar-refractivity contribution in [2.75, 3.05) is 13.1 Å². The number of benzene rings is 1. The Kier molecular flexibility index (Phi) is 2.52. The van der Waals surface area contributed by atoms with Crippen LogP contribution in [0.3, 0.4) is 0 Å². The summed E-state index contributed by atoms with van der Waals surface area (Å²) in [6.07, 6.45) is 0.638. The molecule has 76 valence electrons. The van der Waals surface area contributed by atoms with Crippen LogP contribution in [0.4, 0.5) is 0 Å². The zero-order chi connectivity index (χ0) is 10.2. The van der Waals surface area contributed by atoms with Crippen molar-refractivity contribution in [2.24, 2.45) is 0 Å². The van der Waals surface area contributed by atoms with Gasteiger partial charge in [-0.05, 0) is 24.1 Å². The summed E-state index contributed by atoms with van der Waals surface area (Å²) in [7, 11) is 0. The fourth-order valence-corrected chi connectivity index (χ4v) is 1.99. The fourth-order valence-electron chi connectivity index (χ4n) is 1.69. The van der Waals surface area contributed by atoms with Crippen LogP contribution in [0.1, 0.15) is 11.1 Å². The highest BCUT2D eigenvalue weighted by molar-refractivity contribution is 6.31. The molecule has 2 N–H and O–H groups in total. The van der Waals surface area contributed by atoms with Crippen LogP contribution in [0, 0.1) is 6.92 Å². The first-order chi connectivity index (χ1) is 6.59. The molecular weight excluding hydrogens is 198 g/mol. The number of aryl methyl sites for hydroxylation is 1. The third-order valence-electron chi connectivity index (χ3n) is 2.64. The standard InChI is InChI=1S/C11H14ClNO/c1-8-2-3-9(10(12)4-8)5-11(14)6-13-7-11/h2-4,13-14H,5-7H2,1H3. The van der Waals surface area contributed by atoms with E-state index >= 15 is 0 Å². The second kappa shape index (κ2) is 3.54. The van der Waals surface area contributed by atoms with Gasteiger partial charge < -0.3 is 10.4 Å². The number of β-amino-alcohol motifs (C(OH)–C–C–N with tert-alkyl or cyclic N) is 1. The molecule has 2 nitrogen and oxygen atoms in total. The lowest BCUT2D eigenvalue weighted by atomic mass is 9.89. The Hall–Kier alpha value is -0.570. The molecule has 0 radical (unpaired) electrons. The van der Waals surface area contributed by atoms with Gasteiger partial charge in [0, 0.05) is 24.5 Å². The molecule has 0 unspecified atom stereocenters. The summed E-state index contributed by atoms with van der Waals surface area (Å²) in [6, 6.07) is 5.96. The van der Waals surface area contributed by atoms with Crippen molar-refractivity contribution >= 4 is 11.6 Å². The zero-order valence-electron chi connectivity index (χ0n) is 8.18. The van der Waals surface area contributed by atoms with E-state index in [-0.39, 0.29) is 0 Å². The minimum absolute atomic E-state index is 0.584. The second-order valence-corrected chi connectivity index (χ2v) is 4.51. The van der Waals surface area contributed by atoms with Crippen LogP contribution >= 0.6 is 11.6 Å². The SMILES string of the molecule is Cc1ccc(CC2(O)CNC2)c(Cl)c1. The number of aliphatic hydroxyl groups is 1. The monoisotopic (exact) mass is 211 g/mol. The molecule has 0 bridgehead atoms. The average Bonchev–Trinajstić information content (AvgIpc) is 2.07. The molecule has 0 aromatic heterocycles. The maximum Gasteiger partial charge on any atom is 0.0935 e. The molecular formula is C11H14ClNO. The second-order valence-electron chi connectivity index (χ2n) is 4.10. The Morgan fingerprint density at radius 3 is 2.71 bits per heavy atom. The molecule has 0 amide bonds. The van der Waals surface area contributed by atoms with E-state index in [1.54, 1.807) is 0 Å². The largest absolute Gasteiger partial charge is 0.387 e. The maximum atomic E-state index is 9.94. The van der Waals surface area contributed by atoms with Crippen molar-refractivity contribution < 1.29 is 5.11 Å². The van der Waals surface area contributed by atoms with Gasteiger partial charge in [0.05, 0.1) is 5.60 Å². The highest BCUT2D eigenvalue weighted by Crippen LogP contribution is 2.24. The van der Waals surface area contributed by atoms with Crippen molar-refractivity contribution in [3.05, 3.63) is 34.3 Å². The smallest absolute Gasteiger partial charge is 0.0935 e. The van der Waals surface area contributed by atoms with E-state index in [9.17, 15) is 5.11 Å². The molecule has 3 heteroatoms. The molecule has 1 heterocycles. The molecule has 0 aliphatic carbocycles. The minimum atomic E-state index is -0.584. The summed E-state index contributed by atoms with van der Waals surface area (Å²) in [5, 5.41) is 13.8. The van der Waals surface area contributed by atoms with Crippen LogP contribution in [0.15, 0.2) is 18.2 Å². The summed E-state index contributed by atoms with van der Waals surface area (Å²) < 4.78 is 0. The Balaban J connectivity index is 2.16. The number of halogens is 1. The fraction of sp³-hybridized carbons (Fsp3) is 0.455. The summed E-state index contributed by atoms with van der Waals surface area (Å²) in [4.78, 5) is 0. The summed E-state index contributed by atoms with van der Waals surface area (Å²) in [5.74, 6) is 0. The third kappa shape index (κ3) is 1.92. The van der Waals surface area contributed by atoms with Crippen molar-refractivity contribution in [1.82, 2.24) is 5.32 Å². The molecule has 0 atom stereocenters. The lowest BCUT2D eigenvalue weighted by Gasteiger charge is -2.37. The van der Waals surface area contributed by atoms with Gasteiger partial charge in [-0.1, -0.05) is 23.7 Å². The van der Waals surface area contributed by atoms with Gasteiger partial charge in [-0.15, -0.1) is 0 Å². The van der Waals surface area contributed by atoms with Crippen LogP contribution < -0.4 is 5.32 Å². The average molecular weight is 212 g/mol. The summed E-state index contributed by atoms with van der Waals surface area (Å²) in [5.41, 5.74) is 1.59. The highest BCUT2D eigenvalue weighted by atomic mass is 35.5. The van der Waals surface area contributed by atoms with E-state index in [4.69, 9.17) is 11.6 Å². The van der Waals surface area contributed by atoms with Crippen LogP contribution in [0.5, 0.6) is 0 Å². The van der Waals surface area contributed by atoms with Gasteiger partial charge in [0.25, 0.3) is 0 Å². The number of nitrogens with one attached hydrogen (secondary N) is 1. The first kappa shape index (κ1) is 9.97. The Morgan fingerprint density at radius 2 is 2.21 bits per heavy atom. The van der Waals surface area contributed by atoms with Crippen molar-refractivity contribution in [1.29, 1.82) is 0 Å². The molecule has 14 heavy (non-hydrogen) atoms. The third-order valence-corrected chi connectivity index (χ3v) is 2.99. The predicted molar refractivity (Wildman–Crippen MR) is 57.7 cm³/mol. The lowest BCUT2D eigenvalue weighted by molar-refractivity contribution is -0.00900. The van der Waals surface area contributed by atoms with Gasteiger partial charge in [-0.3, -0.25) is 0 Å². The quantitative estimate of drug-likeness (QED) is 0.778. The van der Waals surface area contributed by atoms with Gasteiger partial charge in [-0.2, -0.15) is 0 Å². The van der Waals surface area contributed by atoms with Crippen molar-refractivity contribution in [3.8, 4) is 0 Å². The molecule has 0 saturated carbocycles. The molecule has 1 aliphatic rings. The minimum Gasteiger partial charge on any atom is -0.387 e. The van der Waals surface area contributed by atoms with Crippen LogP contribution in [0.2, 0.25) is 5.02 Å². The molecule has 1 aromatic carbocycles. The van der Waals surface area contributed by atoms with E-state index < -0.39 is 5.60 Å². The topological polar surface area (TPSA) is 32.3 Å². The van der Waals surface area contributed by atoms with Crippen LogP contribution in [0.25, 0.3) is 0 Å². The molecule has 0 spiro atoms. The highest BCUT2D eigenvalue weighted by Gasteiger charge is 2.34. The molecule has 1 aromatic rings. The Bertz CT molecular complexity index is 347. The van der Waals surface area contributed by atoms with Gasteiger partial charge >= 0.3 is 0 Å². The van der Waals surface area contributed by atoms with E-state index in [2.05, 4.69) is 5.32 Å². The van der Waals surface area contributed by atoms with E-state index in [0.717, 1.165) is 16.1 Å². The van der Waals surface area contributed by atoms with Gasteiger partial charge in [0.1, 0.15) is 0 Å². The lowest BCUT2D eigenvalue weighted by Crippen LogP contribution is -2.60. The maximum absolute atomic E-state index is 9.94. The number of hydrogen-bond donors (Lipinski definition) is 2. The van der Waals surface area contributed by atoms with Gasteiger partial charge in [0.2, 0.25) is 0 Å². The molecule has 2 rings (SSSR count).